The summed E-state index contributed by atoms with van der Waals surface area (Å²) in [4.78, 5) is 42.1. The second-order valence-corrected chi connectivity index (χ2v) is 15.2. The minimum absolute atomic E-state index is 0.00124. The van der Waals surface area contributed by atoms with Gasteiger partial charge >= 0.3 is 5.97 Å². The number of hydrogen-bond acceptors (Lipinski definition) is 6. The molecule has 0 bridgehead atoms. The van der Waals surface area contributed by atoms with Crippen molar-refractivity contribution in [3.63, 3.8) is 0 Å². The number of para-hydroxylation sites is 2. The quantitative estimate of drug-likeness (QED) is 0.113. The van der Waals surface area contributed by atoms with E-state index in [4.69, 9.17) is 14.7 Å². The fraction of sp³-hybridized carbons (Fsp3) is 0.0741. The van der Waals surface area contributed by atoms with Crippen molar-refractivity contribution in [2.45, 2.75) is 0 Å². The van der Waals surface area contributed by atoms with Gasteiger partial charge in [-0.05, 0) is 70.8 Å². The number of esters is 1. The van der Waals surface area contributed by atoms with E-state index in [1.54, 1.807) is 0 Å². The number of anilines is 1. The van der Waals surface area contributed by atoms with Crippen LogP contribution in [0.2, 0.25) is 0 Å². The van der Waals surface area contributed by atoms with Gasteiger partial charge in [-0.25, -0.2) is 14.8 Å². The number of rotatable bonds is 8. The highest BCUT2D eigenvalue weighted by atomic mass is 16.5. The first-order chi connectivity index (χ1) is 30.0. The molecule has 294 valence electrons. The Hall–Kier alpha value is -7.90. The monoisotopic (exact) mass is 792 g/mol. The molecule has 61 heavy (non-hydrogen) atoms. The summed E-state index contributed by atoms with van der Waals surface area (Å²) in [6, 6.07) is 63.9. The van der Waals surface area contributed by atoms with E-state index in [0.29, 0.717) is 48.7 Å². The number of nitrogens with zero attached hydrogens (tertiary/aromatic N) is 4. The van der Waals surface area contributed by atoms with Gasteiger partial charge in [-0.15, -0.1) is 0 Å². The van der Waals surface area contributed by atoms with Crippen LogP contribution < -0.4 is 9.64 Å². The standard InChI is InChI=1S/C54H40N4O3/c59-53(47-35-51(55-49-17-9-7-15-45(47)49)41-23-19-39(20-24-41)37-11-3-1-4-12-37)58-33-31-57(32-34-58)43-27-29-44(30-28-43)61-54(60)48-36-52(56-50-18-10-8-16-46(48)50)42-25-21-40(22-26-42)38-13-5-2-6-14-38/h1-30,35-36H,31-34H2. The van der Waals surface area contributed by atoms with E-state index in [2.05, 4.69) is 65.6 Å². The molecule has 0 radical (unpaired) electrons. The van der Waals surface area contributed by atoms with Crippen LogP contribution in [0.1, 0.15) is 20.7 Å². The van der Waals surface area contributed by atoms with Crippen molar-refractivity contribution in [2.24, 2.45) is 0 Å². The zero-order chi connectivity index (χ0) is 41.1. The van der Waals surface area contributed by atoms with Gasteiger partial charge in [0.2, 0.25) is 0 Å². The van der Waals surface area contributed by atoms with E-state index >= 15 is 0 Å². The van der Waals surface area contributed by atoms with Crippen LogP contribution in [-0.4, -0.2) is 52.9 Å². The summed E-state index contributed by atoms with van der Waals surface area (Å²) in [7, 11) is 0. The van der Waals surface area contributed by atoms with Gasteiger partial charge in [0.05, 0.1) is 33.5 Å². The highest BCUT2D eigenvalue weighted by Crippen LogP contribution is 2.31. The summed E-state index contributed by atoms with van der Waals surface area (Å²) in [6.07, 6.45) is 0. The summed E-state index contributed by atoms with van der Waals surface area (Å²) in [5.41, 5.74) is 11.5. The number of aromatic nitrogens is 2. The molecule has 7 heteroatoms. The van der Waals surface area contributed by atoms with Crippen molar-refractivity contribution >= 4 is 39.4 Å². The fourth-order valence-corrected chi connectivity index (χ4v) is 8.15. The molecule has 0 aliphatic carbocycles. The second kappa shape index (κ2) is 16.4. The van der Waals surface area contributed by atoms with Crippen LogP contribution in [0.25, 0.3) is 66.6 Å². The topological polar surface area (TPSA) is 75.6 Å². The number of piperazine rings is 1. The molecule has 10 rings (SSSR count). The van der Waals surface area contributed by atoms with Crippen LogP contribution in [0.5, 0.6) is 5.75 Å². The number of pyridine rings is 2. The molecule has 1 aliphatic heterocycles. The second-order valence-electron chi connectivity index (χ2n) is 15.2. The van der Waals surface area contributed by atoms with Crippen molar-refractivity contribution in [1.29, 1.82) is 0 Å². The van der Waals surface area contributed by atoms with Crippen molar-refractivity contribution < 1.29 is 14.3 Å². The molecule has 2 aromatic heterocycles. The van der Waals surface area contributed by atoms with Crippen LogP contribution in [0.4, 0.5) is 5.69 Å². The summed E-state index contributed by atoms with van der Waals surface area (Å²) >= 11 is 0. The molecule has 0 saturated carbocycles. The smallest absolute Gasteiger partial charge is 0.344 e. The van der Waals surface area contributed by atoms with E-state index in [9.17, 15) is 9.59 Å². The van der Waals surface area contributed by atoms with Crippen molar-refractivity contribution in [3.05, 3.63) is 205 Å². The SMILES string of the molecule is O=C(Oc1ccc(N2CCN(C(=O)c3cc(-c4ccc(-c5ccccc5)cc4)nc4ccccc34)CC2)cc1)c1cc(-c2ccc(-c3ccccc3)cc2)nc2ccccc12. The summed E-state index contributed by atoms with van der Waals surface area (Å²) < 4.78 is 5.98. The maximum Gasteiger partial charge on any atom is 0.344 e. The van der Waals surface area contributed by atoms with E-state index < -0.39 is 5.97 Å². The lowest BCUT2D eigenvalue weighted by Crippen LogP contribution is -2.48. The van der Waals surface area contributed by atoms with Crippen LogP contribution >= 0.6 is 0 Å². The van der Waals surface area contributed by atoms with Gasteiger partial charge in [-0.1, -0.05) is 146 Å². The first kappa shape index (κ1) is 37.4. The lowest BCUT2D eigenvalue weighted by Gasteiger charge is -2.36. The molecular weight excluding hydrogens is 753 g/mol. The van der Waals surface area contributed by atoms with E-state index in [1.165, 1.54) is 0 Å². The molecule has 0 atom stereocenters. The van der Waals surface area contributed by atoms with Crippen molar-refractivity contribution in [1.82, 2.24) is 14.9 Å². The van der Waals surface area contributed by atoms with Gasteiger partial charge in [0.25, 0.3) is 5.91 Å². The third-order valence-corrected chi connectivity index (χ3v) is 11.4. The lowest BCUT2D eigenvalue weighted by atomic mass is 10.00. The minimum atomic E-state index is -0.448. The number of ether oxygens (including phenoxy) is 1. The molecule has 1 saturated heterocycles. The van der Waals surface area contributed by atoms with Crippen LogP contribution in [0.15, 0.2) is 194 Å². The van der Waals surface area contributed by atoms with Gasteiger partial charge in [-0.2, -0.15) is 0 Å². The molecule has 7 nitrogen and oxygen atoms in total. The van der Waals surface area contributed by atoms with Gasteiger partial charge in [0.1, 0.15) is 5.75 Å². The summed E-state index contributed by atoms with van der Waals surface area (Å²) in [6.45, 7) is 2.47. The maximum atomic E-state index is 14.2. The summed E-state index contributed by atoms with van der Waals surface area (Å²) in [5.74, 6) is 0.00239. The zero-order valence-electron chi connectivity index (χ0n) is 33.3. The molecule has 0 N–H and O–H groups in total. The Balaban J connectivity index is 0.820. The lowest BCUT2D eigenvalue weighted by molar-refractivity contribution is 0.0733. The third kappa shape index (κ3) is 7.73. The molecule has 1 fully saturated rings. The molecule has 1 aliphatic rings. The highest BCUT2D eigenvalue weighted by molar-refractivity contribution is 6.07. The predicted octanol–water partition coefficient (Wildman–Crippen LogP) is 11.6. The van der Waals surface area contributed by atoms with Gasteiger partial charge in [0, 0.05) is 53.8 Å². The third-order valence-electron chi connectivity index (χ3n) is 11.4. The normalized spacial score (nSPS) is 12.7. The van der Waals surface area contributed by atoms with Gasteiger partial charge in [0.15, 0.2) is 0 Å². The number of benzene rings is 7. The molecule has 0 unspecified atom stereocenters. The highest BCUT2D eigenvalue weighted by Gasteiger charge is 2.25. The number of amides is 1. The Bertz CT molecular complexity index is 3020. The van der Waals surface area contributed by atoms with Crippen molar-refractivity contribution in [2.75, 3.05) is 31.1 Å². The largest absolute Gasteiger partial charge is 0.423 e. The predicted molar refractivity (Wildman–Crippen MR) is 245 cm³/mol. The molecule has 3 heterocycles. The number of carbonyl (C=O) groups is 2. The van der Waals surface area contributed by atoms with Gasteiger partial charge in [-0.3, -0.25) is 4.79 Å². The van der Waals surface area contributed by atoms with Crippen LogP contribution in [-0.2, 0) is 0 Å². The van der Waals surface area contributed by atoms with Crippen LogP contribution in [0.3, 0.4) is 0 Å². The Morgan fingerprint density at radius 3 is 1.38 bits per heavy atom. The van der Waals surface area contributed by atoms with E-state index in [-0.39, 0.29) is 5.91 Å². The van der Waals surface area contributed by atoms with Crippen molar-refractivity contribution in [3.8, 4) is 50.5 Å². The zero-order valence-corrected chi connectivity index (χ0v) is 33.3. The average Bonchev–Trinajstić information content (AvgIpc) is 3.34. The molecular formula is C54H40N4O3. The first-order valence-corrected chi connectivity index (χ1v) is 20.5. The van der Waals surface area contributed by atoms with Crippen LogP contribution in [0, 0.1) is 0 Å². The number of carbonyl (C=O) groups excluding carboxylic acids is 2. The molecule has 7 aromatic carbocycles. The minimum Gasteiger partial charge on any atom is -0.423 e. The number of hydrogen-bond donors (Lipinski definition) is 0. The van der Waals surface area contributed by atoms with Gasteiger partial charge < -0.3 is 14.5 Å². The van der Waals surface area contributed by atoms with E-state index in [1.807, 2.05) is 138 Å². The number of fused-ring (bicyclic) bond motifs is 2. The molecule has 9 aromatic rings. The maximum absolute atomic E-state index is 14.2. The summed E-state index contributed by atoms with van der Waals surface area (Å²) in [5, 5.41) is 1.58. The average molecular weight is 793 g/mol. The molecule has 1 amide bonds. The molecule has 0 spiro atoms. The Kier molecular flexibility index (Phi) is 10.0. The Morgan fingerprint density at radius 1 is 0.426 bits per heavy atom. The Morgan fingerprint density at radius 2 is 0.852 bits per heavy atom. The Labute approximate surface area is 354 Å². The fourth-order valence-electron chi connectivity index (χ4n) is 8.15. The van der Waals surface area contributed by atoms with E-state index in [0.717, 1.165) is 66.6 Å². The first-order valence-electron chi connectivity index (χ1n) is 20.5.